The molecule has 0 amide bonds. The van der Waals surface area contributed by atoms with Crippen molar-refractivity contribution in [1.29, 1.82) is 0 Å². The molecule has 0 N–H and O–H groups in total. The highest BCUT2D eigenvalue weighted by atomic mass is 35.5. The second-order valence-corrected chi connectivity index (χ2v) is 7.46. The van der Waals surface area contributed by atoms with Gasteiger partial charge in [0, 0.05) is 6.42 Å². The molecular weight excluding hydrogens is 386 g/mol. The van der Waals surface area contributed by atoms with Gasteiger partial charge >= 0.3 is 0 Å². The number of nitrogens with zero attached hydrogens (tertiary/aromatic N) is 3. The molecule has 0 radical (unpaired) electrons. The summed E-state index contributed by atoms with van der Waals surface area (Å²) in [6, 6.07) is 18.2. The highest BCUT2D eigenvalue weighted by molar-refractivity contribution is 6.68. The fraction of sp³-hybridized carbons (Fsp3) is 0.304. The van der Waals surface area contributed by atoms with Crippen molar-refractivity contribution >= 4 is 22.5 Å². The molecule has 0 aromatic heterocycles. The summed E-state index contributed by atoms with van der Waals surface area (Å²) in [5, 5.41) is 7.41. The van der Waals surface area contributed by atoms with Crippen molar-refractivity contribution < 1.29 is 9.47 Å². The SMILES string of the molecule is COc1ccc(CN2N=C(CCOCc3ccccc3)C3C=CC(Cl)=NC32)cc1. The maximum atomic E-state index is 6.18. The Kier molecular flexibility index (Phi) is 6.27. The van der Waals surface area contributed by atoms with Crippen molar-refractivity contribution in [2.24, 2.45) is 16.0 Å². The first-order valence-corrected chi connectivity index (χ1v) is 10.1. The first kappa shape index (κ1) is 19.7. The van der Waals surface area contributed by atoms with E-state index in [1.807, 2.05) is 53.5 Å². The Balaban J connectivity index is 1.40. The molecular formula is C23H24ClN3O2. The van der Waals surface area contributed by atoms with Gasteiger partial charge in [0.1, 0.15) is 10.9 Å². The molecule has 2 aliphatic heterocycles. The number of fused-ring (bicyclic) bond motifs is 1. The predicted molar refractivity (Wildman–Crippen MR) is 116 cm³/mol. The Morgan fingerprint density at radius 2 is 1.83 bits per heavy atom. The number of allylic oxidation sites excluding steroid dienone is 1. The second kappa shape index (κ2) is 9.25. The molecule has 2 unspecified atom stereocenters. The molecule has 5 nitrogen and oxygen atoms in total. The summed E-state index contributed by atoms with van der Waals surface area (Å²) in [7, 11) is 1.67. The Morgan fingerprint density at radius 3 is 2.59 bits per heavy atom. The minimum Gasteiger partial charge on any atom is -0.497 e. The van der Waals surface area contributed by atoms with Crippen LogP contribution in [0.4, 0.5) is 0 Å². The smallest absolute Gasteiger partial charge is 0.150 e. The van der Waals surface area contributed by atoms with Gasteiger partial charge in [-0.1, -0.05) is 60.1 Å². The van der Waals surface area contributed by atoms with Crippen LogP contribution in [0.2, 0.25) is 0 Å². The van der Waals surface area contributed by atoms with E-state index in [0.717, 1.165) is 23.4 Å². The fourth-order valence-corrected chi connectivity index (χ4v) is 3.74. The summed E-state index contributed by atoms with van der Waals surface area (Å²) in [6.07, 6.45) is 4.63. The van der Waals surface area contributed by atoms with Crippen LogP contribution in [0.15, 0.2) is 76.8 Å². The van der Waals surface area contributed by atoms with E-state index in [9.17, 15) is 0 Å². The molecule has 2 aromatic rings. The molecule has 150 valence electrons. The summed E-state index contributed by atoms with van der Waals surface area (Å²) < 4.78 is 11.1. The van der Waals surface area contributed by atoms with Gasteiger partial charge in [-0.25, -0.2) is 4.99 Å². The predicted octanol–water partition coefficient (Wildman–Crippen LogP) is 4.62. The summed E-state index contributed by atoms with van der Waals surface area (Å²) in [6.45, 7) is 1.90. The Hall–Kier alpha value is -2.63. The molecule has 29 heavy (non-hydrogen) atoms. The maximum absolute atomic E-state index is 6.18. The van der Waals surface area contributed by atoms with Crippen molar-refractivity contribution in [1.82, 2.24) is 5.01 Å². The van der Waals surface area contributed by atoms with Crippen LogP contribution >= 0.6 is 11.6 Å². The van der Waals surface area contributed by atoms with E-state index in [0.29, 0.717) is 24.9 Å². The lowest BCUT2D eigenvalue weighted by Gasteiger charge is -2.25. The molecule has 0 spiro atoms. The average Bonchev–Trinajstić information content (AvgIpc) is 3.09. The van der Waals surface area contributed by atoms with Crippen LogP contribution in [0.25, 0.3) is 0 Å². The molecule has 2 aromatic carbocycles. The lowest BCUT2D eigenvalue weighted by Crippen LogP contribution is -2.33. The van der Waals surface area contributed by atoms with Crippen LogP contribution in [0.5, 0.6) is 5.75 Å². The first-order valence-electron chi connectivity index (χ1n) is 9.73. The molecule has 2 heterocycles. The van der Waals surface area contributed by atoms with Crippen LogP contribution in [0.3, 0.4) is 0 Å². The maximum Gasteiger partial charge on any atom is 0.150 e. The number of rotatable bonds is 8. The standard InChI is InChI=1S/C23H24ClN3O2/c1-28-19-9-7-17(8-10-19)15-27-23-20(11-12-22(24)25-23)21(26-27)13-14-29-16-18-5-3-2-4-6-18/h2-12,20,23H,13-16H2,1H3. The van der Waals surface area contributed by atoms with Crippen molar-refractivity contribution in [3.8, 4) is 5.75 Å². The lowest BCUT2D eigenvalue weighted by molar-refractivity contribution is 0.127. The zero-order valence-corrected chi connectivity index (χ0v) is 17.1. The molecule has 0 bridgehead atoms. The third-order valence-corrected chi connectivity index (χ3v) is 5.31. The fourth-order valence-electron chi connectivity index (χ4n) is 3.56. The Morgan fingerprint density at radius 1 is 1.03 bits per heavy atom. The number of benzene rings is 2. The Labute approximate surface area is 176 Å². The van der Waals surface area contributed by atoms with Crippen LogP contribution in [-0.2, 0) is 17.9 Å². The van der Waals surface area contributed by atoms with Gasteiger partial charge in [0.25, 0.3) is 0 Å². The number of hydrogen-bond donors (Lipinski definition) is 0. The molecule has 2 aliphatic rings. The molecule has 4 rings (SSSR count). The zero-order chi connectivity index (χ0) is 20.1. The van der Waals surface area contributed by atoms with Gasteiger partial charge in [-0.05, 0) is 29.3 Å². The summed E-state index contributed by atoms with van der Waals surface area (Å²) in [5.41, 5.74) is 3.41. The molecule has 0 aliphatic carbocycles. The highest BCUT2D eigenvalue weighted by Gasteiger charge is 2.36. The topological polar surface area (TPSA) is 46.4 Å². The van der Waals surface area contributed by atoms with E-state index in [1.165, 1.54) is 5.56 Å². The van der Waals surface area contributed by atoms with Crippen LogP contribution in [0.1, 0.15) is 17.5 Å². The number of hydrazone groups is 1. The van der Waals surface area contributed by atoms with Crippen LogP contribution < -0.4 is 4.74 Å². The number of methoxy groups -OCH3 is 1. The molecule has 0 fully saturated rings. The van der Waals surface area contributed by atoms with Gasteiger partial charge in [-0.15, -0.1) is 0 Å². The monoisotopic (exact) mass is 409 g/mol. The van der Waals surface area contributed by atoms with Crippen LogP contribution in [-0.4, -0.2) is 35.8 Å². The quantitative estimate of drug-likeness (QED) is 0.597. The van der Waals surface area contributed by atoms with Gasteiger partial charge in [0.05, 0.1) is 38.5 Å². The van der Waals surface area contributed by atoms with E-state index in [2.05, 4.69) is 23.2 Å². The van der Waals surface area contributed by atoms with E-state index < -0.39 is 0 Å². The first-order chi connectivity index (χ1) is 14.2. The van der Waals surface area contributed by atoms with Crippen molar-refractivity contribution in [2.45, 2.75) is 25.7 Å². The minimum absolute atomic E-state index is 0.0984. The Bertz CT molecular complexity index is 909. The summed E-state index contributed by atoms with van der Waals surface area (Å²) >= 11 is 6.18. The lowest BCUT2D eigenvalue weighted by atomic mass is 9.96. The zero-order valence-electron chi connectivity index (χ0n) is 16.4. The minimum atomic E-state index is -0.0984. The van der Waals surface area contributed by atoms with Gasteiger partial charge in [0.2, 0.25) is 0 Å². The molecule has 0 saturated carbocycles. The number of dihydropyridines is 1. The third-order valence-electron chi connectivity index (χ3n) is 5.08. The van der Waals surface area contributed by atoms with Crippen molar-refractivity contribution in [3.63, 3.8) is 0 Å². The number of halogens is 1. The van der Waals surface area contributed by atoms with E-state index in [1.54, 1.807) is 7.11 Å². The third kappa shape index (κ3) is 4.86. The molecule has 0 saturated heterocycles. The van der Waals surface area contributed by atoms with E-state index in [4.69, 9.17) is 26.2 Å². The molecule has 6 heteroatoms. The summed E-state index contributed by atoms with van der Waals surface area (Å²) in [4.78, 5) is 4.62. The van der Waals surface area contributed by atoms with Crippen LogP contribution in [0, 0.1) is 5.92 Å². The van der Waals surface area contributed by atoms with E-state index in [-0.39, 0.29) is 12.1 Å². The normalized spacial score (nSPS) is 20.3. The second-order valence-electron chi connectivity index (χ2n) is 7.08. The molecule has 2 atom stereocenters. The number of hydrogen-bond acceptors (Lipinski definition) is 5. The van der Waals surface area contributed by atoms with Crippen molar-refractivity contribution in [3.05, 3.63) is 77.9 Å². The van der Waals surface area contributed by atoms with Crippen molar-refractivity contribution in [2.75, 3.05) is 13.7 Å². The van der Waals surface area contributed by atoms with E-state index >= 15 is 0 Å². The number of ether oxygens (including phenoxy) is 2. The number of aliphatic imine (C=N–C) groups is 1. The average molecular weight is 410 g/mol. The van der Waals surface area contributed by atoms with Gasteiger partial charge < -0.3 is 9.47 Å². The van der Waals surface area contributed by atoms with Gasteiger partial charge in [0.15, 0.2) is 6.17 Å². The highest BCUT2D eigenvalue weighted by Crippen LogP contribution is 2.31. The summed E-state index contributed by atoms with van der Waals surface area (Å²) in [5.74, 6) is 0.977. The van der Waals surface area contributed by atoms with Gasteiger partial charge in [-0.2, -0.15) is 5.10 Å². The van der Waals surface area contributed by atoms with Gasteiger partial charge in [-0.3, -0.25) is 5.01 Å². The largest absolute Gasteiger partial charge is 0.497 e.